The molecule has 110 valence electrons. The van der Waals surface area contributed by atoms with Crippen molar-refractivity contribution in [3.8, 4) is 0 Å². The second kappa shape index (κ2) is 5.93. The summed E-state index contributed by atoms with van der Waals surface area (Å²) in [5, 5.41) is 3.75. The molecule has 0 spiro atoms. The average Bonchev–Trinajstić information content (AvgIpc) is 2.54. The number of nitrogens with zero attached hydrogens (tertiary/aromatic N) is 1. The van der Waals surface area contributed by atoms with E-state index in [1.807, 2.05) is 31.2 Å². The standard InChI is InChI=1S/C18H15FN2O/c1-12(13-6-8-14(19)9-7-13)21-18(22)16-10-11-20-17-5-3-2-4-15(16)17/h2-12H,1H3,(H,21,22). The molecule has 2 aromatic carbocycles. The summed E-state index contributed by atoms with van der Waals surface area (Å²) in [6.07, 6.45) is 1.62. The number of carbonyl (C=O) groups excluding carboxylic acids is 1. The van der Waals surface area contributed by atoms with Gasteiger partial charge in [0.15, 0.2) is 0 Å². The Balaban J connectivity index is 1.85. The van der Waals surface area contributed by atoms with Crippen molar-refractivity contribution >= 4 is 16.8 Å². The zero-order valence-electron chi connectivity index (χ0n) is 12.1. The minimum atomic E-state index is -0.289. The highest BCUT2D eigenvalue weighted by Crippen LogP contribution is 2.18. The van der Waals surface area contributed by atoms with Gasteiger partial charge in [-0.15, -0.1) is 0 Å². The van der Waals surface area contributed by atoms with E-state index in [-0.39, 0.29) is 17.8 Å². The van der Waals surface area contributed by atoms with Crippen molar-refractivity contribution in [2.45, 2.75) is 13.0 Å². The van der Waals surface area contributed by atoms with E-state index in [0.717, 1.165) is 16.5 Å². The molecule has 1 aromatic heterocycles. The fraction of sp³-hybridized carbons (Fsp3) is 0.111. The van der Waals surface area contributed by atoms with Crippen LogP contribution in [-0.4, -0.2) is 10.9 Å². The third kappa shape index (κ3) is 2.81. The molecule has 22 heavy (non-hydrogen) atoms. The molecule has 1 atom stereocenters. The molecule has 3 nitrogen and oxygen atoms in total. The van der Waals surface area contributed by atoms with Gasteiger partial charge in [-0.2, -0.15) is 0 Å². The maximum Gasteiger partial charge on any atom is 0.252 e. The molecule has 3 aromatic rings. The summed E-state index contributed by atoms with van der Waals surface area (Å²) in [4.78, 5) is 16.7. The number of hydrogen-bond donors (Lipinski definition) is 1. The Morgan fingerprint density at radius 1 is 1.09 bits per heavy atom. The number of nitrogens with one attached hydrogen (secondary N) is 1. The van der Waals surface area contributed by atoms with E-state index in [1.165, 1.54) is 12.1 Å². The van der Waals surface area contributed by atoms with Crippen molar-refractivity contribution in [1.82, 2.24) is 10.3 Å². The number of fused-ring (bicyclic) bond motifs is 1. The predicted molar refractivity (Wildman–Crippen MR) is 84.0 cm³/mol. The lowest BCUT2D eigenvalue weighted by Crippen LogP contribution is -2.26. The van der Waals surface area contributed by atoms with Crippen molar-refractivity contribution in [2.24, 2.45) is 0 Å². The zero-order valence-corrected chi connectivity index (χ0v) is 12.1. The number of halogens is 1. The summed E-state index contributed by atoms with van der Waals surface area (Å²) in [5.41, 5.74) is 2.22. The highest BCUT2D eigenvalue weighted by Gasteiger charge is 2.14. The molecule has 1 amide bonds. The quantitative estimate of drug-likeness (QED) is 0.797. The van der Waals surface area contributed by atoms with E-state index >= 15 is 0 Å². The van der Waals surface area contributed by atoms with Crippen LogP contribution in [0, 0.1) is 5.82 Å². The highest BCUT2D eigenvalue weighted by molar-refractivity contribution is 6.06. The molecular formula is C18H15FN2O. The van der Waals surface area contributed by atoms with Crippen LogP contribution in [0.3, 0.4) is 0 Å². The van der Waals surface area contributed by atoms with E-state index in [0.29, 0.717) is 5.56 Å². The lowest BCUT2D eigenvalue weighted by atomic mass is 10.1. The fourth-order valence-corrected chi connectivity index (χ4v) is 2.40. The van der Waals surface area contributed by atoms with Gasteiger partial charge in [-0.25, -0.2) is 4.39 Å². The normalized spacial score (nSPS) is 12.1. The van der Waals surface area contributed by atoms with Gasteiger partial charge in [0.05, 0.1) is 17.1 Å². The number of amides is 1. The van der Waals surface area contributed by atoms with Gasteiger partial charge in [-0.1, -0.05) is 30.3 Å². The lowest BCUT2D eigenvalue weighted by molar-refractivity contribution is 0.0941. The summed E-state index contributed by atoms with van der Waals surface area (Å²) in [7, 11) is 0. The molecule has 0 aliphatic heterocycles. The summed E-state index contributed by atoms with van der Waals surface area (Å²) >= 11 is 0. The van der Waals surface area contributed by atoms with Gasteiger partial charge in [-0.05, 0) is 36.8 Å². The Bertz CT molecular complexity index is 809. The number of carbonyl (C=O) groups is 1. The monoisotopic (exact) mass is 294 g/mol. The summed E-state index contributed by atoms with van der Waals surface area (Å²) in [6, 6.07) is 15.1. The second-order valence-electron chi connectivity index (χ2n) is 5.12. The van der Waals surface area contributed by atoms with Crippen molar-refractivity contribution in [3.63, 3.8) is 0 Å². The number of para-hydroxylation sites is 1. The minimum Gasteiger partial charge on any atom is -0.345 e. The summed E-state index contributed by atoms with van der Waals surface area (Å²) < 4.78 is 13.0. The Hall–Kier alpha value is -2.75. The van der Waals surface area contributed by atoms with Crippen LogP contribution < -0.4 is 5.32 Å². The third-order valence-corrected chi connectivity index (χ3v) is 3.61. The first-order chi connectivity index (χ1) is 10.6. The van der Waals surface area contributed by atoms with Gasteiger partial charge in [0.2, 0.25) is 0 Å². The Labute approximate surface area is 127 Å². The maximum absolute atomic E-state index is 13.0. The summed E-state index contributed by atoms with van der Waals surface area (Å²) in [5.74, 6) is -0.460. The van der Waals surface area contributed by atoms with Gasteiger partial charge >= 0.3 is 0 Å². The predicted octanol–water partition coefficient (Wildman–Crippen LogP) is 3.86. The molecule has 0 aliphatic carbocycles. The Kier molecular flexibility index (Phi) is 3.83. The molecule has 0 saturated carbocycles. The number of aromatic nitrogens is 1. The van der Waals surface area contributed by atoms with E-state index in [4.69, 9.17) is 0 Å². The van der Waals surface area contributed by atoms with Crippen molar-refractivity contribution in [3.05, 3.63) is 77.7 Å². The third-order valence-electron chi connectivity index (χ3n) is 3.61. The topological polar surface area (TPSA) is 42.0 Å². The minimum absolute atomic E-state index is 0.171. The van der Waals surface area contributed by atoms with Gasteiger partial charge in [0.1, 0.15) is 5.82 Å². The zero-order chi connectivity index (χ0) is 15.5. The van der Waals surface area contributed by atoms with Gasteiger partial charge in [0, 0.05) is 11.6 Å². The van der Waals surface area contributed by atoms with Crippen molar-refractivity contribution < 1.29 is 9.18 Å². The number of pyridine rings is 1. The number of hydrogen-bond acceptors (Lipinski definition) is 2. The molecule has 0 radical (unpaired) electrons. The molecule has 4 heteroatoms. The summed E-state index contributed by atoms with van der Waals surface area (Å²) in [6.45, 7) is 1.87. The van der Waals surface area contributed by atoms with E-state index in [9.17, 15) is 9.18 Å². The van der Waals surface area contributed by atoms with E-state index in [2.05, 4.69) is 10.3 Å². The van der Waals surface area contributed by atoms with Crippen LogP contribution in [0.15, 0.2) is 60.8 Å². The van der Waals surface area contributed by atoms with Gasteiger partial charge in [-0.3, -0.25) is 9.78 Å². The second-order valence-corrected chi connectivity index (χ2v) is 5.12. The van der Waals surface area contributed by atoms with E-state index < -0.39 is 0 Å². The first kappa shape index (κ1) is 14.2. The molecule has 1 unspecified atom stereocenters. The first-order valence-electron chi connectivity index (χ1n) is 7.05. The van der Waals surface area contributed by atoms with Crippen LogP contribution in [0.1, 0.15) is 28.9 Å². The largest absolute Gasteiger partial charge is 0.345 e. The Morgan fingerprint density at radius 2 is 1.82 bits per heavy atom. The van der Waals surface area contributed by atoms with Gasteiger partial charge in [0.25, 0.3) is 5.91 Å². The van der Waals surface area contributed by atoms with Crippen LogP contribution in [-0.2, 0) is 0 Å². The molecule has 1 N–H and O–H groups in total. The molecule has 0 bridgehead atoms. The molecule has 3 rings (SSSR count). The average molecular weight is 294 g/mol. The lowest BCUT2D eigenvalue weighted by Gasteiger charge is -2.15. The van der Waals surface area contributed by atoms with Crippen molar-refractivity contribution in [2.75, 3.05) is 0 Å². The van der Waals surface area contributed by atoms with Crippen LogP contribution >= 0.6 is 0 Å². The van der Waals surface area contributed by atoms with Crippen LogP contribution in [0.5, 0.6) is 0 Å². The molecule has 0 fully saturated rings. The van der Waals surface area contributed by atoms with Gasteiger partial charge < -0.3 is 5.32 Å². The van der Waals surface area contributed by atoms with Crippen LogP contribution in [0.2, 0.25) is 0 Å². The van der Waals surface area contributed by atoms with E-state index in [1.54, 1.807) is 24.4 Å². The number of benzene rings is 2. The molecule has 1 heterocycles. The molecule has 0 aliphatic rings. The van der Waals surface area contributed by atoms with Crippen LogP contribution in [0.25, 0.3) is 10.9 Å². The van der Waals surface area contributed by atoms with Crippen molar-refractivity contribution in [1.29, 1.82) is 0 Å². The Morgan fingerprint density at radius 3 is 2.59 bits per heavy atom. The number of rotatable bonds is 3. The SMILES string of the molecule is CC(NC(=O)c1ccnc2ccccc12)c1ccc(F)cc1. The molecular weight excluding hydrogens is 279 g/mol. The maximum atomic E-state index is 13.0. The first-order valence-corrected chi connectivity index (χ1v) is 7.05. The highest BCUT2D eigenvalue weighted by atomic mass is 19.1. The smallest absolute Gasteiger partial charge is 0.252 e. The fourth-order valence-electron chi connectivity index (χ4n) is 2.40. The van der Waals surface area contributed by atoms with Crippen LogP contribution in [0.4, 0.5) is 4.39 Å². The molecule has 0 saturated heterocycles.